The van der Waals surface area contributed by atoms with Crippen LogP contribution < -0.4 is 4.90 Å². The van der Waals surface area contributed by atoms with Gasteiger partial charge in [0.1, 0.15) is 0 Å². The lowest BCUT2D eigenvalue weighted by molar-refractivity contribution is 0.590. The Bertz CT molecular complexity index is 3260. The minimum absolute atomic E-state index is 0.0551. The molecule has 0 fully saturated rings. The van der Waals surface area contributed by atoms with Crippen LogP contribution in [0.15, 0.2) is 200 Å². The van der Waals surface area contributed by atoms with E-state index < -0.39 is 0 Å². The molecule has 276 valence electrons. The van der Waals surface area contributed by atoms with Gasteiger partial charge >= 0.3 is 0 Å². The molecule has 0 aliphatic carbocycles. The fourth-order valence-electron chi connectivity index (χ4n) is 9.31. The summed E-state index contributed by atoms with van der Waals surface area (Å²) < 4.78 is 2.46. The maximum atomic E-state index is 2.54. The minimum atomic E-state index is -0.0551. The number of aromatic nitrogens is 1. The zero-order valence-electron chi connectivity index (χ0n) is 32.9. The lowest BCUT2D eigenvalue weighted by Crippen LogP contribution is -2.16. The number of nitrogens with zero attached hydrogens (tertiary/aromatic N) is 2. The first-order valence-electron chi connectivity index (χ1n) is 20.3. The van der Waals surface area contributed by atoms with Crippen molar-refractivity contribution in [2.24, 2.45) is 0 Å². The molecule has 10 aromatic carbocycles. The first kappa shape index (κ1) is 34.1. The van der Waals surface area contributed by atoms with Gasteiger partial charge in [-0.1, -0.05) is 185 Å². The Kier molecular flexibility index (Phi) is 7.78. The van der Waals surface area contributed by atoms with Crippen LogP contribution >= 0.6 is 0 Å². The average Bonchev–Trinajstić information content (AvgIpc) is 3.60. The summed E-state index contributed by atoms with van der Waals surface area (Å²) >= 11 is 0. The quantitative estimate of drug-likeness (QED) is 0.154. The van der Waals surface area contributed by atoms with E-state index in [4.69, 9.17) is 0 Å². The zero-order chi connectivity index (χ0) is 39.0. The number of rotatable bonds is 6. The van der Waals surface area contributed by atoms with Gasteiger partial charge in [-0.3, -0.25) is 0 Å². The molecule has 1 aromatic heterocycles. The van der Waals surface area contributed by atoms with Crippen molar-refractivity contribution in [1.29, 1.82) is 0 Å². The molecule has 11 aromatic rings. The van der Waals surface area contributed by atoms with Crippen molar-refractivity contribution in [2.75, 3.05) is 4.90 Å². The van der Waals surface area contributed by atoms with Crippen molar-refractivity contribution in [1.82, 2.24) is 4.57 Å². The molecule has 0 saturated heterocycles. The van der Waals surface area contributed by atoms with Crippen LogP contribution in [0.25, 0.3) is 82.1 Å². The van der Waals surface area contributed by atoms with Crippen LogP contribution in [0, 0.1) is 0 Å². The van der Waals surface area contributed by atoms with Crippen LogP contribution in [0.3, 0.4) is 0 Å². The number of hydrogen-bond acceptors (Lipinski definition) is 1. The van der Waals surface area contributed by atoms with Gasteiger partial charge in [0.25, 0.3) is 0 Å². The summed E-state index contributed by atoms with van der Waals surface area (Å²) in [5.41, 5.74) is 13.1. The van der Waals surface area contributed by atoms with Crippen molar-refractivity contribution < 1.29 is 0 Å². The van der Waals surface area contributed by atoms with Crippen LogP contribution in [-0.2, 0) is 5.41 Å². The topological polar surface area (TPSA) is 8.17 Å². The molecule has 0 aliphatic rings. The van der Waals surface area contributed by atoms with Gasteiger partial charge in [-0.25, -0.2) is 0 Å². The van der Waals surface area contributed by atoms with E-state index in [1.54, 1.807) is 0 Å². The Morgan fingerprint density at radius 2 is 0.897 bits per heavy atom. The lowest BCUT2D eigenvalue weighted by atomic mass is 9.85. The van der Waals surface area contributed by atoms with E-state index in [-0.39, 0.29) is 5.41 Å². The normalized spacial score (nSPS) is 12.1. The van der Waals surface area contributed by atoms with E-state index in [1.807, 2.05) is 0 Å². The Morgan fingerprint density at radius 3 is 1.55 bits per heavy atom. The van der Waals surface area contributed by atoms with Crippen LogP contribution in [0.5, 0.6) is 0 Å². The van der Waals surface area contributed by atoms with E-state index in [9.17, 15) is 0 Å². The van der Waals surface area contributed by atoms with Gasteiger partial charge in [0.05, 0.1) is 33.8 Å². The van der Waals surface area contributed by atoms with Crippen molar-refractivity contribution in [3.8, 4) is 27.9 Å². The highest BCUT2D eigenvalue weighted by Crippen LogP contribution is 2.50. The van der Waals surface area contributed by atoms with Crippen molar-refractivity contribution in [3.63, 3.8) is 0 Å². The predicted octanol–water partition coefficient (Wildman–Crippen LogP) is 15.8. The Balaban J connectivity index is 1.24. The maximum absolute atomic E-state index is 2.54. The second-order valence-corrected chi connectivity index (χ2v) is 16.5. The highest BCUT2D eigenvalue weighted by molar-refractivity contribution is 6.27. The summed E-state index contributed by atoms with van der Waals surface area (Å²) in [6.07, 6.45) is 0. The standard InChI is InChI=1S/C56H42N2/c1-56(2,3)41-30-33-43(38-18-8-5-9-19-38)53(36-41)58(48-23-13-10-20-42(48)37-16-6-4-7-17-37)52-35-29-40-26-31-46-51(34-28-39-27-32-47(52)55(40)54(39)46)57-49-24-14-11-21-44(49)45-22-12-15-25-50(45)57/h4-36H,1-3H3. The molecule has 0 amide bonds. The molecule has 0 radical (unpaired) electrons. The maximum Gasteiger partial charge on any atom is 0.0543 e. The third-order valence-electron chi connectivity index (χ3n) is 12.1. The molecule has 58 heavy (non-hydrogen) atoms. The van der Waals surface area contributed by atoms with E-state index in [2.05, 4.69) is 230 Å². The molecule has 0 bridgehead atoms. The largest absolute Gasteiger partial charge is 0.309 e. The smallest absolute Gasteiger partial charge is 0.0543 e. The zero-order valence-corrected chi connectivity index (χ0v) is 32.9. The van der Waals surface area contributed by atoms with Gasteiger partial charge in [0.15, 0.2) is 0 Å². The van der Waals surface area contributed by atoms with E-state index in [0.29, 0.717) is 0 Å². The second-order valence-electron chi connectivity index (χ2n) is 16.5. The fraction of sp³-hybridized carbons (Fsp3) is 0.0714. The molecule has 2 nitrogen and oxygen atoms in total. The fourth-order valence-corrected chi connectivity index (χ4v) is 9.31. The van der Waals surface area contributed by atoms with Crippen molar-refractivity contribution in [2.45, 2.75) is 26.2 Å². The number of fused-ring (bicyclic) bond motifs is 3. The molecule has 0 aliphatic heterocycles. The van der Waals surface area contributed by atoms with E-state index in [0.717, 1.165) is 17.1 Å². The van der Waals surface area contributed by atoms with Crippen LogP contribution in [0.4, 0.5) is 17.1 Å². The van der Waals surface area contributed by atoms with Crippen molar-refractivity contribution >= 4 is 71.2 Å². The molecular weight excluding hydrogens is 701 g/mol. The number of hydrogen-bond donors (Lipinski definition) is 0. The molecule has 0 saturated carbocycles. The minimum Gasteiger partial charge on any atom is -0.309 e. The highest BCUT2D eigenvalue weighted by Gasteiger charge is 2.26. The number of anilines is 3. The average molecular weight is 743 g/mol. The lowest BCUT2D eigenvalue weighted by Gasteiger charge is -2.33. The van der Waals surface area contributed by atoms with Gasteiger partial charge in [-0.05, 0) is 80.0 Å². The Labute approximate surface area is 339 Å². The third-order valence-corrected chi connectivity index (χ3v) is 12.1. The van der Waals surface area contributed by atoms with Crippen molar-refractivity contribution in [3.05, 3.63) is 206 Å². The molecule has 0 atom stereocenters. The van der Waals surface area contributed by atoms with Gasteiger partial charge in [-0.2, -0.15) is 0 Å². The Hall–Kier alpha value is -7.16. The van der Waals surface area contributed by atoms with Crippen LogP contribution in [0.1, 0.15) is 26.3 Å². The number of para-hydroxylation sites is 3. The van der Waals surface area contributed by atoms with E-state index >= 15 is 0 Å². The molecule has 2 heteroatoms. The molecule has 0 N–H and O–H groups in total. The first-order chi connectivity index (χ1) is 28.4. The first-order valence-corrected chi connectivity index (χ1v) is 20.3. The SMILES string of the molecule is CC(C)(C)c1ccc(-c2ccccc2)c(N(c2ccccc2-c2ccccc2)c2ccc3ccc4c(-n5c6ccccc6c6ccccc65)ccc5ccc2c3c54)c1. The molecule has 0 spiro atoms. The second kappa shape index (κ2) is 13.2. The summed E-state index contributed by atoms with van der Waals surface area (Å²) in [6.45, 7) is 6.92. The van der Waals surface area contributed by atoms with Crippen LogP contribution in [-0.4, -0.2) is 4.57 Å². The Morgan fingerprint density at radius 1 is 0.379 bits per heavy atom. The summed E-state index contributed by atoms with van der Waals surface area (Å²) in [7, 11) is 0. The highest BCUT2D eigenvalue weighted by atomic mass is 15.1. The van der Waals surface area contributed by atoms with E-state index in [1.165, 1.54) is 87.6 Å². The summed E-state index contributed by atoms with van der Waals surface area (Å²) in [5, 5.41) is 10.1. The summed E-state index contributed by atoms with van der Waals surface area (Å²) in [4.78, 5) is 2.54. The monoisotopic (exact) mass is 742 g/mol. The molecule has 11 rings (SSSR count). The van der Waals surface area contributed by atoms with Gasteiger partial charge < -0.3 is 9.47 Å². The molecular formula is C56H42N2. The predicted molar refractivity (Wildman–Crippen MR) is 249 cm³/mol. The van der Waals surface area contributed by atoms with Gasteiger partial charge in [-0.15, -0.1) is 0 Å². The number of benzene rings is 10. The van der Waals surface area contributed by atoms with Gasteiger partial charge in [0.2, 0.25) is 0 Å². The van der Waals surface area contributed by atoms with Gasteiger partial charge in [0, 0.05) is 32.7 Å². The van der Waals surface area contributed by atoms with Crippen LogP contribution in [0.2, 0.25) is 0 Å². The molecule has 0 unspecified atom stereocenters. The summed E-state index contributed by atoms with van der Waals surface area (Å²) in [6, 6.07) is 73.9. The third kappa shape index (κ3) is 5.33. The summed E-state index contributed by atoms with van der Waals surface area (Å²) in [5.74, 6) is 0. The molecule has 1 heterocycles.